The molecule has 2 nitrogen and oxygen atoms in total. The Morgan fingerprint density at radius 1 is 1.45 bits per heavy atom. The molecule has 0 aromatic carbocycles. The van der Waals surface area contributed by atoms with Crippen LogP contribution in [0.25, 0.3) is 0 Å². The van der Waals surface area contributed by atoms with Crippen molar-refractivity contribution in [3.8, 4) is 0 Å². The monoisotopic (exact) mass is 153 g/mol. The number of rotatable bonds is 2. The summed E-state index contributed by atoms with van der Waals surface area (Å²) >= 11 is 0. The lowest BCUT2D eigenvalue weighted by Crippen LogP contribution is -1.90. The highest BCUT2D eigenvalue weighted by Crippen LogP contribution is 2.20. The summed E-state index contributed by atoms with van der Waals surface area (Å²) in [5.74, 6) is 2.28. The van der Waals surface area contributed by atoms with Gasteiger partial charge in [0.05, 0.1) is 5.69 Å². The lowest BCUT2D eigenvalue weighted by atomic mass is 10.1. The average Bonchev–Trinajstić information content (AvgIpc) is 2.30. The van der Waals surface area contributed by atoms with E-state index in [4.69, 9.17) is 4.42 Å². The van der Waals surface area contributed by atoms with Gasteiger partial charge in [-0.3, -0.25) is 0 Å². The molecule has 1 rings (SSSR count). The Balaban J connectivity index is 3.02. The van der Waals surface area contributed by atoms with Crippen LogP contribution in [0.1, 0.15) is 44.0 Å². The molecule has 11 heavy (non-hydrogen) atoms. The molecule has 0 aliphatic rings. The van der Waals surface area contributed by atoms with Gasteiger partial charge in [0.1, 0.15) is 5.76 Å². The van der Waals surface area contributed by atoms with Crippen molar-refractivity contribution in [1.29, 1.82) is 0 Å². The Kier molecular flexibility index (Phi) is 2.32. The minimum absolute atomic E-state index is 0.450. The van der Waals surface area contributed by atoms with Gasteiger partial charge in [-0.2, -0.15) is 0 Å². The lowest BCUT2D eigenvalue weighted by Gasteiger charge is -1.99. The number of aryl methyl sites for hydroxylation is 2. The third kappa shape index (κ3) is 1.62. The van der Waals surface area contributed by atoms with Crippen LogP contribution in [0.15, 0.2) is 4.42 Å². The van der Waals surface area contributed by atoms with Crippen LogP contribution in [-0.4, -0.2) is 4.98 Å². The first-order valence-electron chi connectivity index (χ1n) is 4.11. The third-order valence-corrected chi connectivity index (χ3v) is 1.69. The quantitative estimate of drug-likeness (QED) is 0.652. The Hall–Kier alpha value is -0.790. The van der Waals surface area contributed by atoms with E-state index in [0.717, 1.165) is 23.8 Å². The fourth-order valence-corrected chi connectivity index (χ4v) is 1.19. The van der Waals surface area contributed by atoms with Crippen LogP contribution in [0, 0.1) is 6.92 Å². The molecule has 0 N–H and O–H groups in total. The summed E-state index contributed by atoms with van der Waals surface area (Å²) in [4.78, 5) is 4.28. The minimum atomic E-state index is 0.450. The van der Waals surface area contributed by atoms with Gasteiger partial charge in [0.25, 0.3) is 0 Å². The first-order chi connectivity index (χ1) is 5.15. The Morgan fingerprint density at radius 3 is 2.45 bits per heavy atom. The second-order valence-electron chi connectivity index (χ2n) is 3.05. The van der Waals surface area contributed by atoms with Crippen LogP contribution >= 0.6 is 0 Å². The van der Waals surface area contributed by atoms with E-state index in [-0.39, 0.29) is 0 Å². The van der Waals surface area contributed by atoms with E-state index in [9.17, 15) is 0 Å². The van der Waals surface area contributed by atoms with Crippen molar-refractivity contribution in [2.75, 3.05) is 0 Å². The Bertz CT molecular complexity index is 238. The largest absolute Gasteiger partial charge is 0.445 e. The van der Waals surface area contributed by atoms with Crippen LogP contribution in [0.5, 0.6) is 0 Å². The average molecular weight is 153 g/mol. The molecule has 0 aliphatic heterocycles. The van der Waals surface area contributed by atoms with Crippen molar-refractivity contribution in [2.24, 2.45) is 0 Å². The topological polar surface area (TPSA) is 26.0 Å². The third-order valence-electron chi connectivity index (χ3n) is 1.69. The summed E-state index contributed by atoms with van der Waals surface area (Å²) in [6.07, 6.45) is 0.963. The van der Waals surface area contributed by atoms with Gasteiger partial charge < -0.3 is 4.42 Å². The molecule has 0 fully saturated rings. The molecule has 0 aliphatic carbocycles. The van der Waals surface area contributed by atoms with Gasteiger partial charge in [0.2, 0.25) is 0 Å². The summed E-state index contributed by atoms with van der Waals surface area (Å²) in [5, 5.41) is 0. The molecule has 0 bridgehead atoms. The molecule has 1 aromatic heterocycles. The molecule has 0 saturated heterocycles. The smallest absolute Gasteiger partial charge is 0.191 e. The van der Waals surface area contributed by atoms with E-state index in [2.05, 4.69) is 25.8 Å². The molecule has 0 amide bonds. The van der Waals surface area contributed by atoms with Gasteiger partial charge in [-0.05, 0) is 6.42 Å². The van der Waals surface area contributed by atoms with Crippen molar-refractivity contribution in [2.45, 2.75) is 40.0 Å². The van der Waals surface area contributed by atoms with Crippen LogP contribution in [0.2, 0.25) is 0 Å². The maximum atomic E-state index is 5.46. The van der Waals surface area contributed by atoms with Crippen LogP contribution < -0.4 is 0 Å². The van der Waals surface area contributed by atoms with Gasteiger partial charge in [0.15, 0.2) is 5.89 Å². The SMILES string of the molecule is CCc1nc(C)oc1C(C)C. The minimum Gasteiger partial charge on any atom is -0.445 e. The fourth-order valence-electron chi connectivity index (χ4n) is 1.19. The van der Waals surface area contributed by atoms with Gasteiger partial charge in [-0.15, -0.1) is 0 Å². The lowest BCUT2D eigenvalue weighted by molar-refractivity contribution is 0.454. The normalized spacial score (nSPS) is 11.0. The number of hydrogen-bond donors (Lipinski definition) is 0. The van der Waals surface area contributed by atoms with Gasteiger partial charge >= 0.3 is 0 Å². The van der Waals surface area contributed by atoms with Crippen molar-refractivity contribution in [1.82, 2.24) is 4.98 Å². The van der Waals surface area contributed by atoms with Crippen molar-refractivity contribution in [3.05, 3.63) is 17.3 Å². The van der Waals surface area contributed by atoms with Crippen LogP contribution in [-0.2, 0) is 6.42 Å². The van der Waals surface area contributed by atoms with Crippen molar-refractivity contribution < 1.29 is 4.42 Å². The second kappa shape index (κ2) is 3.07. The molecular formula is C9H15NO. The zero-order valence-electron chi connectivity index (χ0n) is 7.64. The highest BCUT2D eigenvalue weighted by atomic mass is 16.4. The molecule has 1 aromatic rings. The first kappa shape index (κ1) is 8.31. The summed E-state index contributed by atoms with van der Waals surface area (Å²) < 4.78 is 5.46. The van der Waals surface area contributed by atoms with Crippen LogP contribution in [0.4, 0.5) is 0 Å². The van der Waals surface area contributed by atoms with E-state index in [1.54, 1.807) is 0 Å². The second-order valence-corrected chi connectivity index (χ2v) is 3.05. The molecule has 1 heterocycles. The molecule has 2 heteroatoms. The Labute approximate surface area is 67.6 Å². The zero-order valence-corrected chi connectivity index (χ0v) is 7.64. The summed E-state index contributed by atoms with van der Waals surface area (Å²) in [6.45, 7) is 8.24. The first-order valence-corrected chi connectivity index (χ1v) is 4.11. The summed E-state index contributed by atoms with van der Waals surface area (Å²) in [7, 11) is 0. The van der Waals surface area contributed by atoms with Crippen LogP contribution in [0.3, 0.4) is 0 Å². The maximum absolute atomic E-state index is 5.46. The summed E-state index contributed by atoms with van der Waals surface area (Å²) in [6, 6.07) is 0. The zero-order chi connectivity index (χ0) is 8.43. The number of aromatic nitrogens is 1. The van der Waals surface area contributed by atoms with E-state index in [0.29, 0.717) is 5.92 Å². The predicted octanol–water partition coefficient (Wildman–Crippen LogP) is 2.67. The van der Waals surface area contributed by atoms with Gasteiger partial charge in [-0.25, -0.2) is 4.98 Å². The standard InChI is InChI=1S/C9H15NO/c1-5-8-9(6(2)3)11-7(4)10-8/h6H,5H2,1-4H3. The van der Waals surface area contributed by atoms with E-state index >= 15 is 0 Å². The Morgan fingerprint density at radius 2 is 2.09 bits per heavy atom. The van der Waals surface area contributed by atoms with Crippen molar-refractivity contribution in [3.63, 3.8) is 0 Å². The fraction of sp³-hybridized carbons (Fsp3) is 0.667. The molecule has 0 unspecified atom stereocenters. The number of hydrogen-bond acceptors (Lipinski definition) is 2. The predicted molar refractivity (Wildman–Crippen MR) is 44.7 cm³/mol. The molecular weight excluding hydrogens is 138 g/mol. The van der Waals surface area contributed by atoms with E-state index < -0.39 is 0 Å². The molecule has 0 atom stereocenters. The van der Waals surface area contributed by atoms with Gasteiger partial charge in [0, 0.05) is 12.8 Å². The molecule has 0 radical (unpaired) electrons. The number of nitrogens with zero attached hydrogens (tertiary/aromatic N) is 1. The maximum Gasteiger partial charge on any atom is 0.191 e. The molecule has 62 valence electrons. The van der Waals surface area contributed by atoms with Gasteiger partial charge in [-0.1, -0.05) is 20.8 Å². The molecule has 0 saturated carbocycles. The van der Waals surface area contributed by atoms with E-state index in [1.807, 2.05) is 6.92 Å². The summed E-state index contributed by atoms with van der Waals surface area (Å²) in [5.41, 5.74) is 1.11. The molecule has 0 spiro atoms. The van der Waals surface area contributed by atoms with E-state index in [1.165, 1.54) is 0 Å². The highest BCUT2D eigenvalue weighted by Gasteiger charge is 2.11. The number of oxazole rings is 1. The van der Waals surface area contributed by atoms with Crippen molar-refractivity contribution >= 4 is 0 Å². The highest BCUT2D eigenvalue weighted by molar-refractivity contribution is 5.12.